The predicted octanol–water partition coefficient (Wildman–Crippen LogP) is 2.11. The van der Waals surface area contributed by atoms with E-state index in [0.717, 1.165) is 28.9 Å². The van der Waals surface area contributed by atoms with Gasteiger partial charge in [0, 0.05) is 11.6 Å². The molecule has 0 aliphatic carbocycles. The minimum atomic E-state index is -3.34. The maximum Gasteiger partial charge on any atom is 0.347 e. The van der Waals surface area contributed by atoms with Gasteiger partial charge in [0.1, 0.15) is 14.1 Å². The first-order valence-electron chi connectivity index (χ1n) is 6.39. The normalized spacial score (nSPS) is 12.8. The van der Waals surface area contributed by atoms with Crippen LogP contribution in [-0.2, 0) is 9.84 Å². The van der Waals surface area contributed by atoms with E-state index in [1.807, 2.05) is 0 Å². The first-order valence-corrected chi connectivity index (χ1v) is 9.98. The van der Waals surface area contributed by atoms with Gasteiger partial charge in [0.05, 0.1) is 17.3 Å². The molecule has 2 heterocycles. The van der Waals surface area contributed by atoms with Crippen molar-refractivity contribution in [3.05, 3.63) is 32.6 Å². The van der Waals surface area contributed by atoms with Gasteiger partial charge < -0.3 is 10.4 Å². The highest BCUT2D eigenvalue weighted by Gasteiger charge is 2.21. The molecule has 2 rings (SSSR count). The summed E-state index contributed by atoms with van der Waals surface area (Å²) in [5, 5.41) is 13.7. The number of thiophene rings is 1. The van der Waals surface area contributed by atoms with Gasteiger partial charge in [-0.25, -0.2) is 18.2 Å². The number of carboxylic acids is 1. The largest absolute Gasteiger partial charge is 0.477 e. The SMILES string of the molecule is Cc1nc(C(C)NC(=O)c2csc(S(C)(=O)=O)c2)sc1C(=O)O. The van der Waals surface area contributed by atoms with Crippen molar-refractivity contribution >= 4 is 44.4 Å². The number of aromatic carboxylic acids is 1. The molecule has 0 aliphatic rings. The first kappa shape index (κ1) is 17.6. The molecule has 0 aromatic carbocycles. The Bertz CT molecular complexity index is 866. The van der Waals surface area contributed by atoms with E-state index in [4.69, 9.17) is 5.11 Å². The summed E-state index contributed by atoms with van der Waals surface area (Å²) in [6.45, 7) is 3.28. The molecule has 2 aromatic rings. The van der Waals surface area contributed by atoms with Gasteiger partial charge in [-0.15, -0.1) is 22.7 Å². The van der Waals surface area contributed by atoms with Crippen molar-refractivity contribution in [3.8, 4) is 0 Å². The molecule has 0 spiro atoms. The second-order valence-corrected chi connectivity index (χ2v) is 9.08. The zero-order valence-electron chi connectivity index (χ0n) is 12.5. The minimum absolute atomic E-state index is 0.119. The zero-order chi connectivity index (χ0) is 17.4. The maximum atomic E-state index is 12.2. The van der Waals surface area contributed by atoms with Gasteiger partial charge >= 0.3 is 5.97 Å². The number of thiazole rings is 1. The predicted molar refractivity (Wildman–Crippen MR) is 87.1 cm³/mol. The van der Waals surface area contributed by atoms with Crippen LogP contribution in [0.1, 0.15) is 43.7 Å². The number of aryl methyl sites for hydroxylation is 1. The summed E-state index contributed by atoms with van der Waals surface area (Å²) in [5.74, 6) is -1.49. The highest BCUT2D eigenvalue weighted by Crippen LogP contribution is 2.25. The first-order chi connectivity index (χ1) is 10.6. The molecule has 0 saturated heterocycles. The number of nitrogens with one attached hydrogen (secondary N) is 1. The number of sulfone groups is 1. The number of hydrogen-bond acceptors (Lipinski definition) is 7. The van der Waals surface area contributed by atoms with Crippen molar-refractivity contribution in [1.29, 1.82) is 0 Å². The molecule has 0 saturated carbocycles. The summed E-state index contributed by atoms with van der Waals surface area (Å²) in [4.78, 5) is 27.5. The molecule has 2 aromatic heterocycles. The van der Waals surface area contributed by atoms with Crippen LogP contribution in [-0.4, -0.2) is 36.6 Å². The number of amides is 1. The Morgan fingerprint density at radius 3 is 2.52 bits per heavy atom. The number of rotatable bonds is 5. The van der Waals surface area contributed by atoms with Crippen LogP contribution in [0.3, 0.4) is 0 Å². The van der Waals surface area contributed by atoms with E-state index >= 15 is 0 Å². The minimum Gasteiger partial charge on any atom is -0.477 e. The molecule has 7 nitrogen and oxygen atoms in total. The topological polar surface area (TPSA) is 113 Å². The molecule has 1 atom stereocenters. The van der Waals surface area contributed by atoms with Gasteiger partial charge in [-0.2, -0.15) is 0 Å². The summed E-state index contributed by atoms with van der Waals surface area (Å²) in [5.41, 5.74) is 0.641. The van der Waals surface area contributed by atoms with Gasteiger partial charge in [0.2, 0.25) is 0 Å². The lowest BCUT2D eigenvalue weighted by molar-refractivity contribution is 0.0700. The van der Waals surface area contributed by atoms with E-state index in [1.165, 1.54) is 11.4 Å². The molecule has 124 valence electrons. The lowest BCUT2D eigenvalue weighted by Crippen LogP contribution is -2.26. The van der Waals surface area contributed by atoms with E-state index < -0.39 is 27.8 Å². The van der Waals surface area contributed by atoms with E-state index in [-0.39, 0.29) is 14.6 Å². The summed E-state index contributed by atoms with van der Waals surface area (Å²) >= 11 is 1.98. The van der Waals surface area contributed by atoms with Gasteiger partial charge in [-0.1, -0.05) is 0 Å². The van der Waals surface area contributed by atoms with Crippen molar-refractivity contribution < 1.29 is 23.1 Å². The van der Waals surface area contributed by atoms with Crippen LogP contribution in [0, 0.1) is 6.92 Å². The van der Waals surface area contributed by atoms with Crippen LogP contribution in [0.2, 0.25) is 0 Å². The molecular formula is C13H14N2O5S3. The summed E-state index contributed by atoms with van der Waals surface area (Å²) in [6, 6.07) is 0.832. The molecule has 10 heteroatoms. The Labute approximate surface area is 140 Å². The highest BCUT2D eigenvalue weighted by molar-refractivity contribution is 7.92. The van der Waals surface area contributed by atoms with E-state index in [1.54, 1.807) is 13.8 Å². The standard InChI is InChI=1S/C13H14N2O5S3/c1-6-10(13(17)18)22-12(15-6)7(2)14-11(16)8-4-9(21-5-8)23(3,19)20/h4-5,7H,1-3H3,(H,14,16)(H,17,18). The van der Waals surface area contributed by atoms with Crippen molar-refractivity contribution in [2.75, 3.05) is 6.26 Å². The third-order valence-corrected chi connectivity index (χ3v) is 7.02. The number of carboxylic acid groups (broad SMARTS) is 1. The Hall–Kier alpha value is -1.78. The Morgan fingerprint density at radius 2 is 2.04 bits per heavy atom. The highest BCUT2D eigenvalue weighted by atomic mass is 32.2. The van der Waals surface area contributed by atoms with Crippen molar-refractivity contribution in [2.24, 2.45) is 0 Å². The number of carbonyl (C=O) groups is 2. The van der Waals surface area contributed by atoms with Gasteiger partial charge in [0.15, 0.2) is 9.84 Å². The zero-order valence-corrected chi connectivity index (χ0v) is 14.9. The fraction of sp³-hybridized carbons (Fsp3) is 0.308. The van der Waals surface area contributed by atoms with Crippen molar-refractivity contribution in [3.63, 3.8) is 0 Å². The lowest BCUT2D eigenvalue weighted by atomic mass is 10.3. The second kappa shape index (κ2) is 6.38. The van der Waals surface area contributed by atoms with Crippen LogP contribution in [0.25, 0.3) is 0 Å². The van der Waals surface area contributed by atoms with Crippen LogP contribution in [0.15, 0.2) is 15.7 Å². The summed E-state index contributed by atoms with van der Waals surface area (Å²) in [7, 11) is -3.34. The fourth-order valence-electron chi connectivity index (χ4n) is 1.77. The van der Waals surface area contributed by atoms with Crippen molar-refractivity contribution in [1.82, 2.24) is 10.3 Å². The van der Waals surface area contributed by atoms with Crippen LogP contribution < -0.4 is 5.32 Å². The average molecular weight is 374 g/mol. The number of carbonyl (C=O) groups excluding carboxylic acids is 1. The maximum absolute atomic E-state index is 12.2. The van der Waals surface area contributed by atoms with Crippen LogP contribution in [0.4, 0.5) is 0 Å². The molecular weight excluding hydrogens is 360 g/mol. The number of hydrogen-bond donors (Lipinski definition) is 2. The Balaban J connectivity index is 2.15. The second-order valence-electron chi connectivity index (χ2n) is 4.89. The third-order valence-electron chi connectivity index (χ3n) is 2.93. The van der Waals surface area contributed by atoms with E-state index in [0.29, 0.717) is 10.7 Å². The molecule has 2 N–H and O–H groups in total. The fourth-order valence-corrected chi connectivity index (χ4v) is 4.48. The van der Waals surface area contributed by atoms with Crippen molar-refractivity contribution in [2.45, 2.75) is 24.1 Å². The molecule has 23 heavy (non-hydrogen) atoms. The van der Waals surface area contributed by atoms with Gasteiger partial charge in [0.25, 0.3) is 5.91 Å². The summed E-state index contributed by atoms with van der Waals surface area (Å²) < 4.78 is 23.0. The summed E-state index contributed by atoms with van der Waals surface area (Å²) in [6.07, 6.45) is 1.08. The number of nitrogens with zero attached hydrogens (tertiary/aromatic N) is 1. The molecule has 0 bridgehead atoms. The molecule has 0 radical (unpaired) electrons. The monoisotopic (exact) mass is 374 g/mol. The lowest BCUT2D eigenvalue weighted by Gasteiger charge is -2.10. The molecule has 0 aliphatic heterocycles. The third kappa shape index (κ3) is 3.95. The Morgan fingerprint density at radius 1 is 1.39 bits per heavy atom. The van der Waals surface area contributed by atoms with Gasteiger partial charge in [-0.3, -0.25) is 4.79 Å². The van der Waals surface area contributed by atoms with Crippen LogP contribution >= 0.6 is 22.7 Å². The van der Waals surface area contributed by atoms with Crippen LogP contribution in [0.5, 0.6) is 0 Å². The van der Waals surface area contributed by atoms with E-state index in [2.05, 4.69) is 10.3 Å². The number of aromatic nitrogens is 1. The molecule has 1 amide bonds. The average Bonchev–Trinajstić information content (AvgIpc) is 3.04. The molecule has 1 unspecified atom stereocenters. The molecule has 0 fully saturated rings. The van der Waals surface area contributed by atoms with E-state index in [9.17, 15) is 18.0 Å². The Kier molecular flexibility index (Phi) is 4.87. The smallest absolute Gasteiger partial charge is 0.347 e. The van der Waals surface area contributed by atoms with Gasteiger partial charge in [-0.05, 0) is 19.9 Å². The quantitative estimate of drug-likeness (QED) is 0.828.